The Kier molecular flexibility index (Phi) is 2.02. The predicted molar refractivity (Wildman–Crippen MR) is 33.1 cm³/mol. The zero-order chi connectivity index (χ0) is 12.1. The molecule has 0 N–H and O–H groups in total. The third kappa shape index (κ3) is 0.990. The second-order valence-electron chi connectivity index (χ2n) is 2.70. The van der Waals surface area contributed by atoms with E-state index in [1.165, 1.54) is 0 Å². The highest BCUT2D eigenvalue weighted by Gasteiger charge is 2.88. The van der Waals surface area contributed by atoms with Crippen LogP contribution in [0.1, 0.15) is 0 Å². The van der Waals surface area contributed by atoms with Crippen LogP contribution in [0.2, 0.25) is 0 Å². The fourth-order valence-electron chi connectivity index (χ4n) is 1.10. The molecule has 0 aromatic carbocycles. The molecule has 0 saturated heterocycles. The normalized spacial score (nSPS) is 24.7. The smallest absolute Gasteiger partial charge is 0.194 e. The maximum absolute atomic E-state index is 12.5. The molecule has 1 aliphatic carbocycles. The molecule has 0 bridgehead atoms. The van der Waals surface area contributed by atoms with Crippen LogP contribution in [0.5, 0.6) is 0 Å². The standard InChI is InChI=1S/C7F6N2/c8-5(9)4(3(1-14)2-15)6(10,11)7(5,12)13. The molecule has 80 valence electrons. The van der Waals surface area contributed by atoms with Gasteiger partial charge in [0.15, 0.2) is 0 Å². The zero-order valence-electron chi connectivity index (χ0n) is 6.66. The van der Waals surface area contributed by atoms with Crippen molar-refractivity contribution in [3.63, 3.8) is 0 Å². The van der Waals surface area contributed by atoms with Crippen molar-refractivity contribution in [2.45, 2.75) is 17.8 Å². The molecule has 8 heteroatoms. The van der Waals surface area contributed by atoms with Crippen LogP contribution < -0.4 is 0 Å². The van der Waals surface area contributed by atoms with Crippen LogP contribution in [0.3, 0.4) is 0 Å². The van der Waals surface area contributed by atoms with Crippen molar-refractivity contribution < 1.29 is 26.3 Å². The number of halogens is 6. The van der Waals surface area contributed by atoms with Gasteiger partial charge < -0.3 is 0 Å². The first kappa shape index (κ1) is 11.4. The van der Waals surface area contributed by atoms with E-state index < -0.39 is 28.9 Å². The fourth-order valence-corrected chi connectivity index (χ4v) is 1.10. The van der Waals surface area contributed by atoms with Crippen LogP contribution >= 0.6 is 0 Å². The lowest BCUT2D eigenvalue weighted by molar-refractivity contribution is -0.348. The molecule has 0 unspecified atom stereocenters. The Morgan fingerprint density at radius 1 is 0.867 bits per heavy atom. The molecule has 0 radical (unpaired) electrons. The Morgan fingerprint density at radius 2 is 1.20 bits per heavy atom. The van der Waals surface area contributed by atoms with E-state index in [2.05, 4.69) is 0 Å². The van der Waals surface area contributed by atoms with E-state index in [9.17, 15) is 26.3 Å². The van der Waals surface area contributed by atoms with Gasteiger partial charge in [-0.25, -0.2) is 0 Å². The summed E-state index contributed by atoms with van der Waals surface area (Å²) in [6, 6.07) is 1.46. The van der Waals surface area contributed by atoms with Gasteiger partial charge in [-0.15, -0.1) is 0 Å². The maximum atomic E-state index is 12.5. The number of rotatable bonds is 0. The summed E-state index contributed by atoms with van der Waals surface area (Å²) < 4.78 is 74.5. The van der Waals surface area contributed by atoms with E-state index in [1.54, 1.807) is 0 Å². The molecule has 1 aliphatic rings. The number of hydrogen-bond acceptors (Lipinski definition) is 2. The van der Waals surface area contributed by atoms with Crippen LogP contribution in [0, 0.1) is 22.7 Å². The zero-order valence-corrected chi connectivity index (χ0v) is 6.66. The van der Waals surface area contributed by atoms with Crippen molar-refractivity contribution in [2.24, 2.45) is 0 Å². The number of hydrogen-bond donors (Lipinski definition) is 0. The summed E-state index contributed by atoms with van der Waals surface area (Å²) in [5.74, 6) is -15.9. The van der Waals surface area contributed by atoms with Gasteiger partial charge in [0.05, 0.1) is 0 Å². The summed E-state index contributed by atoms with van der Waals surface area (Å²) in [5, 5.41) is 16.1. The van der Waals surface area contributed by atoms with Gasteiger partial charge >= 0.3 is 17.8 Å². The topological polar surface area (TPSA) is 47.6 Å². The summed E-state index contributed by atoms with van der Waals surface area (Å²) in [6.07, 6.45) is 0. The van der Waals surface area contributed by atoms with Gasteiger partial charge in [-0.2, -0.15) is 36.9 Å². The molecule has 0 aromatic rings. The third-order valence-corrected chi connectivity index (χ3v) is 1.89. The molecule has 0 amide bonds. The van der Waals surface area contributed by atoms with Crippen LogP contribution in [0.15, 0.2) is 11.1 Å². The molecule has 0 heterocycles. The number of nitriles is 2. The predicted octanol–water partition coefficient (Wildman–Crippen LogP) is 2.25. The molecule has 0 aliphatic heterocycles. The lowest BCUT2D eigenvalue weighted by Gasteiger charge is -2.45. The van der Waals surface area contributed by atoms with E-state index in [-0.39, 0.29) is 0 Å². The van der Waals surface area contributed by atoms with Gasteiger partial charge in [-0.3, -0.25) is 0 Å². The van der Waals surface area contributed by atoms with Crippen molar-refractivity contribution >= 4 is 0 Å². The lowest BCUT2D eigenvalue weighted by atomic mass is 9.75. The number of nitrogens with zero attached hydrogens (tertiary/aromatic N) is 2. The molecule has 15 heavy (non-hydrogen) atoms. The van der Waals surface area contributed by atoms with Crippen molar-refractivity contribution in [3.8, 4) is 12.1 Å². The van der Waals surface area contributed by atoms with Crippen LogP contribution in [0.4, 0.5) is 26.3 Å². The first-order valence-electron chi connectivity index (χ1n) is 3.33. The molecule has 1 fully saturated rings. The van der Waals surface area contributed by atoms with Crippen LogP contribution in [-0.2, 0) is 0 Å². The minimum atomic E-state index is -5.56. The highest BCUT2D eigenvalue weighted by molar-refractivity contribution is 5.54. The van der Waals surface area contributed by atoms with E-state index >= 15 is 0 Å². The van der Waals surface area contributed by atoms with Gasteiger partial charge in [0.1, 0.15) is 23.3 Å². The lowest BCUT2D eigenvalue weighted by Crippen LogP contribution is -2.69. The summed E-state index contributed by atoms with van der Waals surface area (Å²) >= 11 is 0. The van der Waals surface area contributed by atoms with Gasteiger partial charge in [0, 0.05) is 0 Å². The Bertz CT molecular complexity index is 386. The highest BCUT2D eigenvalue weighted by Crippen LogP contribution is 2.65. The Labute approximate surface area is 79.0 Å². The maximum Gasteiger partial charge on any atom is 0.380 e. The van der Waals surface area contributed by atoms with Crippen LogP contribution in [0.25, 0.3) is 0 Å². The molecular formula is C7F6N2. The first-order valence-corrected chi connectivity index (χ1v) is 3.33. The van der Waals surface area contributed by atoms with Crippen molar-refractivity contribution in [2.75, 3.05) is 0 Å². The summed E-state index contributed by atoms with van der Waals surface area (Å²) in [6.45, 7) is 0. The Hall–Kier alpha value is -1.70. The molecule has 0 spiro atoms. The highest BCUT2D eigenvalue weighted by atomic mass is 19.4. The van der Waals surface area contributed by atoms with Gasteiger partial charge in [-0.1, -0.05) is 0 Å². The summed E-state index contributed by atoms with van der Waals surface area (Å²) in [7, 11) is 0. The summed E-state index contributed by atoms with van der Waals surface area (Å²) in [4.78, 5) is 0. The van der Waals surface area contributed by atoms with E-state index in [0.29, 0.717) is 0 Å². The van der Waals surface area contributed by atoms with Gasteiger partial charge in [-0.05, 0) is 0 Å². The quantitative estimate of drug-likeness (QED) is 0.469. The minimum Gasteiger partial charge on any atom is -0.194 e. The summed E-state index contributed by atoms with van der Waals surface area (Å²) in [5.41, 5.74) is -4.10. The second-order valence-corrected chi connectivity index (χ2v) is 2.70. The Morgan fingerprint density at radius 3 is 1.47 bits per heavy atom. The van der Waals surface area contributed by atoms with E-state index in [0.717, 1.165) is 12.1 Å². The van der Waals surface area contributed by atoms with Gasteiger partial charge in [0.2, 0.25) is 0 Å². The van der Waals surface area contributed by atoms with E-state index in [4.69, 9.17) is 10.5 Å². The first-order chi connectivity index (χ1) is 6.64. The van der Waals surface area contributed by atoms with Crippen molar-refractivity contribution in [1.29, 1.82) is 10.5 Å². The minimum absolute atomic E-state index is 0.728. The molecule has 1 saturated carbocycles. The second kappa shape index (κ2) is 2.66. The Balaban J connectivity index is 3.47. The van der Waals surface area contributed by atoms with Gasteiger partial charge in [0.25, 0.3) is 0 Å². The molecule has 2 nitrogen and oxygen atoms in total. The van der Waals surface area contributed by atoms with Crippen LogP contribution in [-0.4, -0.2) is 17.8 Å². The average molecular weight is 226 g/mol. The number of allylic oxidation sites excluding steroid dienone is 2. The largest absolute Gasteiger partial charge is 0.380 e. The monoisotopic (exact) mass is 226 g/mol. The van der Waals surface area contributed by atoms with E-state index in [1.807, 2.05) is 0 Å². The third-order valence-electron chi connectivity index (χ3n) is 1.89. The van der Waals surface area contributed by atoms with Crippen molar-refractivity contribution in [1.82, 2.24) is 0 Å². The number of alkyl halides is 6. The fraction of sp³-hybridized carbons (Fsp3) is 0.429. The molecule has 1 rings (SSSR count). The molecule has 0 atom stereocenters. The molecule has 0 aromatic heterocycles. The van der Waals surface area contributed by atoms with Crippen molar-refractivity contribution in [3.05, 3.63) is 11.1 Å². The average Bonchev–Trinajstić information content (AvgIpc) is 2.12. The SMILES string of the molecule is N#CC(C#N)=C1C(F)(F)C(F)(F)C1(F)F. The molecular weight excluding hydrogens is 226 g/mol.